The lowest BCUT2D eigenvalue weighted by Crippen LogP contribution is -2.17. The zero-order valence-electron chi connectivity index (χ0n) is 8.82. The summed E-state index contributed by atoms with van der Waals surface area (Å²) in [5.41, 5.74) is 0. The number of carbonyl (C=O) groups excluding carboxylic acids is 1. The molecule has 5 heteroatoms. The third kappa shape index (κ3) is 8.12. The van der Waals surface area contributed by atoms with Gasteiger partial charge in [0.1, 0.15) is 6.61 Å². The van der Waals surface area contributed by atoms with E-state index in [1.807, 2.05) is 13.8 Å². The van der Waals surface area contributed by atoms with Gasteiger partial charge in [-0.1, -0.05) is 13.8 Å². The molecule has 0 aliphatic carbocycles. The standard InChI is InChI=1S/C9H19NO4/c1-8(2)9(11)7-13-4-3-12-5-6-14-10/h8H,3-7,10H2,1-2H3. The quantitative estimate of drug-likeness (QED) is 0.428. The normalized spacial score (nSPS) is 10.9. The fraction of sp³-hybridized carbons (Fsp3) is 0.889. The summed E-state index contributed by atoms with van der Waals surface area (Å²) in [6, 6.07) is 0. The van der Waals surface area contributed by atoms with Crippen LogP contribution in [0.1, 0.15) is 13.8 Å². The fourth-order valence-corrected chi connectivity index (χ4v) is 0.666. The third-order valence-electron chi connectivity index (χ3n) is 1.61. The van der Waals surface area contributed by atoms with E-state index in [4.69, 9.17) is 15.4 Å². The van der Waals surface area contributed by atoms with Crippen LogP contribution in [0.2, 0.25) is 0 Å². The highest BCUT2D eigenvalue weighted by atomic mass is 16.6. The van der Waals surface area contributed by atoms with Crippen molar-refractivity contribution in [2.24, 2.45) is 11.8 Å². The number of ether oxygens (including phenoxy) is 2. The summed E-state index contributed by atoms with van der Waals surface area (Å²) in [6.45, 7) is 5.54. The SMILES string of the molecule is CC(C)C(=O)COCCOCCON. The minimum atomic E-state index is 0.0292. The number of hydrogen-bond donors (Lipinski definition) is 1. The predicted octanol–water partition coefficient (Wildman–Crippen LogP) is 0.135. The minimum Gasteiger partial charge on any atom is -0.377 e. The lowest BCUT2D eigenvalue weighted by molar-refractivity contribution is -0.127. The van der Waals surface area contributed by atoms with Gasteiger partial charge in [-0.05, 0) is 0 Å². The van der Waals surface area contributed by atoms with E-state index in [2.05, 4.69) is 4.84 Å². The van der Waals surface area contributed by atoms with Crippen LogP contribution in [-0.2, 0) is 19.1 Å². The summed E-state index contributed by atoms with van der Waals surface area (Å²) < 4.78 is 10.2. The first-order chi connectivity index (χ1) is 6.68. The summed E-state index contributed by atoms with van der Waals surface area (Å²) in [6.07, 6.45) is 0. The molecule has 0 spiro atoms. The van der Waals surface area contributed by atoms with Crippen molar-refractivity contribution < 1.29 is 19.1 Å². The van der Waals surface area contributed by atoms with Crippen LogP contribution in [0.15, 0.2) is 0 Å². The second-order valence-electron chi connectivity index (χ2n) is 3.16. The monoisotopic (exact) mass is 205 g/mol. The molecular formula is C9H19NO4. The predicted molar refractivity (Wildman–Crippen MR) is 51.6 cm³/mol. The number of rotatable bonds is 9. The Bertz CT molecular complexity index is 150. The average molecular weight is 205 g/mol. The third-order valence-corrected chi connectivity index (χ3v) is 1.61. The molecule has 2 N–H and O–H groups in total. The molecule has 0 atom stereocenters. The van der Waals surface area contributed by atoms with Crippen LogP contribution >= 0.6 is 0 Å². The summed E-state index contributed by atoms with van der Waals surface area (Å²) in [4.78, 5) is 15.4. The Labute approximate surface area is 84.5 Å². The van der Waals surface area contributed by atoms with Gasteiger partial charge in [-0.15, -0.1) is 0 Å². The van der Waals surface area contributed by atoms with E-state index >= 15 is 0 Å². The van der Waals surface area contributed by atoms with Crippen molar-refractivity contribution >= 4 is 5.78 Å². The molecule has 0 bridgehead atoms. The van der Waals surface area contributed by atoms with Gasteiger partial charge in [-0.3, -0.25) is 4.79 Å². The van der Waals surface area contributed by atoms with Crippen molar-refractivity contribution in [1.82, 2.24) is 0 Å². The van der Waals surface area contributed by atoms with Crippen molar-refractivity contribution in [1.29, 1.82) is 0 Å². The molecule has 0 amide bonds. The number of nitrogens with two attached hydrogens (primary N) is 1. The van der Waals surface area contributed by atoms with E-state index in [0.717, 1.165) is 0 Å². The Morgan fingerprint density at radius 1 is 1.14 bits per heavy atom. The van der Waals surface area contributed by atoms with E-state index in [1.54, 1.807) is 0 Å². The van der Waals surface area contributed by atoms with Crippen LogP contribution in [0.3, 0.4) is 0 Å². The Hall–Kier alpha value is -0.490. The number of Topliss-reactive ketones (excluding diaryl/α,β-unsaturated/α-hetero) is 1. The molecule has 0 fully saturated rings. The van der Waals surface area contributed by atoms with E-state index in [0.29, 0.717) is 26.4 Å². The van der Waals surface area contributed by atoms with Gasteiger partial charge >= 0.3 is 0 Å². The number of carbonyl (C=O) groups is 1. The van der Waals surface area contributed by atoms with Gasteiger partial charge in [0, 0.05) is 5.92 Å². The zero-order valence-corrected chi connectivity index (χ0v) is 8.82. The maximum atomic E-state index is 11.1. The molecule has 5 nitrogen and oxygen atoms in total. The van der Waals surface area contributed by atoms with Crippen molar-refractivity contribution in [2.45, 2.75) is 13.8 Å². The molecule has 0 unspecified atom stereocenters. The van der Waals surface area contributed by atoms with E-state index < -0.39 is 0 Å². The fourth-order valence-electron chi connectivity index (χ4n) is 0.666. The highest BCUT2D eigenvalue weighted by molar-refractivity contribution is 5.81. The molecule has 14 heavy (non-hydrogen) atoms. The molecular weight excluding hydrogens is 186 g/mol. The van der Waals surface area contributed by atoms with Crippen LogP contribution in [0, 0.1) is 5.92 Å². The zero-order chi connectivity index (χ0) is 10.8. The van der Waals surface area contributed by atoms with Crippen molar-refractivity contribution in [2.75, 3.05) is 33.0 Å². The van der Waals surface area contributed by atoms with Crippen LogP contribution in [0.4, 0.5) is 0 Å². The van der Waals surface area contributed by atoms with Gasteiger partial charge in [-0.25, -0.2) is 5.90 Å². The van der Waals surface area contributed by atoms with Crippen LogP contribution in [0.5, 0.6) is 0 Å². The Morgan fingerprint density at radius 3 is 2.29 bits per heavy atom. The molecule has 0 aliphatic heterocycles. The average Bonchev–Trinajstić information content (AvgIpc) is 2.16. The first kappa shape index (κ1) is 13.5. The highest BCUT2D eigenvalue weighted by Gasteiger charge is 2.06. The van der Waals surface area contributed by atoms with Gasteiger partial charge in [0.2, 0.25) is 0 Å². The summed E-state index contributed by atoms with van der Waals surface area (Å²) >= 11 is 0. The van der Waals surface area contributed by atoms with Crippen molar-refractivity contribution in [3.63, 3.8) is 0 Å². The lowest BCUT2D eigenvalue weighted by atomic mass is 10.1. The van der Waals surface area contributed by atoms with Crippen molar-refractivity contribution in [3.05, 3.63) is 0 Å². The molecule has 0 aromatic heterocycles. The van der Waals surface area contributed by atoms with Crippen LogP contribution < -0.4 is 5.90 Å². The number of hydrogen-bond acceptors (Lipinski definition) is 5. The van der Waals surface area contributed by atoms with Gasteiger partial charge in [0.05, 0.1) is 26.4 Å². The van der Waals surface area contributed by atoms with Gasteiger partial charge in [0.25, 0.3) is 0 Å². The highest BCUT2D eigenvalue weighted by Crippen LogP contribution is 1.94. The number of ketones is 1. The maximum absolute atomic E-state index is 11.1. The second-order valence-corrected chi connectivity index (χ2v) is 3.16. The molecule has 0 aromatic rings. The second kappa shape index (κ2) is 9.08. The molecule has 0 saturated carbocycles. The topological polar surface area (TPSA) is 70.8 Å². The van der Waals surface area contributed by atoms with Gasteiger partial charge in [0.15, 0.2) is 5.78 Å². The molecule has 0 aliphatic rings. The molecule has 0 aromatic carbocycles. The first-order valence-corrected chi connectivity index (χ1v) is 4.68. The Morgan fingerprint density at radius 2 is 1.71 bits per heavy atom. The van der Waals surface area contributed by atoms with E-state index in [-0.39, 0.29) is 18.3 Å². The minimum absolute atomic E-state index is 0.0292. The molecule has 0 radical (unpaired) electrons. The smallest absolute Gasteiger partial charge is 0.160 e. The largest absolute Gasteiger partial charge is 0.377 e. The first-order valence-electron chi connectivity index (χ1n) is 4.68. The Kier molecular flexibility index (Phi) is 8.76. The summed E-state index contributed by atoms with van der Waals surface area (Å²) in [5.74, 6) is 4.92. The maximum Gasteiger partial charge on any atom is 0.160 e. The molecule has 0 rings (SSSR count). The van der Waals surface area contributed by atoms with Crippen LogP contribution in [0.25, 0.3) is 0 Å². The molecule has 0 saturated heterocycles. The van der Waals surface area contributed by atoms with E-state index in [1.165, 1.54) is 0 Å². The van der Waals surface area contributed by atoms with E-state index in [9.17, 15) is 4.79 Å². The molecule has 84 valence electrons. The van der Waals surface area contributed by atoms with Crippen molar-refractivity contribution in [3.8, 4) is 0 Å². The van der Waals surface area contributed by atoms with Gasteiger partial charge < -0.3 is 14.3 Å². The molecule has 0 heterocycles. The lowest BCUT2D eigenvalue weighted by Gasteiger charge is -2.06. The van der Waals surface area contributed by atoms with Gasteiger partial charge in [-0.2, -0.15) is 0 Å². The summed E-state index contributed by atoms with van der Waals surface area (Å²) in [5, 5.41) is 0. The summed E-state index contributed by atoms with van der Waals surface area (Å²) in [7, 11) is 0. The van der Waals surface area contributed by atoms with Crippen LogP contribution in [-0.4, -0.2) is 38.8 Å². The Balaban J connectivity index is 3.10.